The second-order valence-corrected chi connectivity index (χ2v) is 3.83. The molecule has 104 valence electrons. The van der Waals surface area contributed by atoms with Crippen molar-refractivity contribution < 1.29 is 28.9 Å². The van der Waals surface area contributed by atoms with Gasteiger partial charge in [-0.3, -0.25) is 0 Å². The molecule has 0 saturated carbocycles. The Labute approximate surface area is 114 Å². The Morgan fingerprint density at radius 1 is 1.20 bits per heavy atom. The molecule has 20 heavy (non-hydrogen) atoms. The Morgan fingerprint density at radius 3 is 2.40 bits per heavy atom. The molecule has 1 aromatic rings. The van der Waals surface area contributed by atoms with E-state index in [1.165, 1.54) is 14.2 Å². The lowest BCUT2D eigenvalue weighted by molar-refractivity contribution is -0.136. The van der Waals surface area contributed by atoms with Crippen molar-refractivity contribution in [3.63, 3.8) is 0 Å². The minimum atomic E-state index is -0.978. The van der Waals surface area contributed by atoms with Crippen molar-refractivity contribution in [3.8, 4) is 0 Å². The molecule has 0 atom stereocenters. The average Bonchev–Trinajstić information content (AvgIpc) is 2.75. The van der Waals surface area contributed by atoms with Gasteiger partial charge in [-0.1, -0.05) is 30.3 Å². The van der Waals surface area contributed by atoms with Gasteiger partial charge in [-0.05, 0) is 5.56 Å². The van der Waals surface area contributed by atoms with E-state index in [1.807, 2.05) is 0 Å². The average molecular weight is 276 g/mol. The zero-order valence-electron chi connectivity index (χ0n) is 10.9. The van der Waals surface area contributed by atoms with Gasteiger partial charge in [0, 0.05) is 0 Å². The van der Waals surface area contributed by atoms with Gasteiger partial charge in [0.25, 0.3) is 0 Å². The van der Waals surface area contributed by atoms with Crippen molar-refractivity contribution in [2.24, 2.45) is 0 Å². The number of rotatable bonds is 3. The van der Waals surface area contributed by atoms with Gasteiger partial charge in [-0.25, -0.2) is 9.59 Å². The number of ether oxygens (including phenoxy) is 3. The fraction of sp³-hybridized carbons (Fsp3) is 0.143. The lowest BCUT2D eigenvalue weighted by Crippen LogP contribution is -2.09. The van der Waals surface area contributed by atoms with Gasteiger partial charge in [0.1, 0.15) is 5.57 Å². The number of methoxy groups -OCH3 is 2. The highest BCUT2D eigenvalue weighted by Gasteiger charge is 2.36. The van der Waals surface area contributed by atoms with E-state index in [0.29, 0.717) is 5.56 Å². The van der Waals surface area contributed by atoms with Crippen LogP contribution in [0.15, 0.2) is 47.6 Å². The number of aliphatic hydroxyl groups excluding tert-OH is 1. The quantitative estimate of drug-likeness (QED) is 0.666. The first-order chi connectivity index (χ1) is 9.60. The molecule has 0 fully saturated rings. The molecule has 1 aromatic carbocycles. The van der Waals surface area contributed by atoms with Crippen molar-refractivity contribution in [1.29, 1.82) is 0 Å². The minimum Gasteiger partial charge on any atom is -0.499 e. The highest BCUT2D eigenvalue weighted by atomic mass is 16.6. The van der Waals surface area contributed by atoms with Crippen LogP contribution in [-0.4, -0.2) is 31.3 Å². The van der Waals surface area contributed by atoms with Gasteiger partial charge in [-0.2, -0.15) is 0 Å². The number of esters is 2. The molecule has 0 bridgehead atoms. The summed E-state index contributed by atoms with van der Waals surface area (Å²) in [5.41, 5.74) is 0.480. The van der Waals surface area contributed by atoms with Crippen LogP contribution in [0.3, 0.4) is 0 Å². The summed E-state index contributed by atoms with van der Waals surface area (Å²) in [6.07, 6.45) is 0. The second-order valence-electron chi connectivity index (χ2n) is 3.83. The van der Waals surface area contributed by atoms with E-state index in [0.717, 1.165) is 0 Å². The SMILES string of the molecule is COC(=O)/C(=C1/OC(=O)C(O)=C1OC)c1ccccc1. The standard InChI is InChI=1S/C14H12O6/c1-18-12-10(15)14(17)20-11(12)9(13(16)19-2)8-6-4-3-5-7-8/h3-7,15H,1-2H3/b11-9+. The number of benzene rings is 1. The third-order valence-corrected chi connectivity index (χ3v) is 2.69. The molecule has 1 heterocycles. The highest BCUT2D eigenvalue weighted by molar-refractivity contribution is 6.18. The zero-order chi connectivity index (χ0) is 14.7. The van der Waals surface area contributed by atoms with E-state index in [-0.39, 0.29) is 17.1 Å². The van der Waals surface area contributed by atoms with Crippen LogP contribution in [-0.2, 0) is 23.8 Å². The monoisotopic (exact) mass is 276 g/mol. The van der Waals surface area contributed by atoms with Crippen molar-refractivity contribution in [1.82, 2.24) is 0 Å². The maximum absolute atomic E-state index is 11.9. The molecule has 1 N–H and O–H groups in total. The molecule has 1 aliphatic heterocycles. The molecule has 6 nitrogen and oxygen atoms in total. The Morgan fingerprint density at radius 2 is 1.85 bits per heavy atom. The predicted molar refractivity (Wildman–Crippen MR) is 68.1 cm³/mol. The molecule has 0 radical (unpaired) electrons. The van der Waals surface area contributed by atoms with Gasteiger partial charge in [-0.15, -0.1) is 0 Å². The van der Waals surface area contributed by atoms with Crippen molar-refractivity contribution in [3.05, 3.63) is 53.2 Å². The lowest BCUT2D eigenvalue weighted by atomic mass is 10.0. The summed E-state index contributed by atoms with van der Waals surface area (Å²) in [6, 6.07) is 8.50. The number of carbonyl (C=O) groups excluding carboxylic acids is 2. The van der Waals surface area contributed by atoms with E-state index in [2.05, 4.69) is 0 Å². The summed E-state index contributed by atoms with van der Waals surface area (Å²) in [4.78, 5) is 23.3. The van der Waals surface area contributed by atoms with Crippen LogP contribution >= 0.6 is 0 Å². The van der Waals surface area contributed by atoms with Crippen molar-refractivity contribution >= 4 is 17.5 Å². The smallest absolute Gasteiger partial charge is 0.383 e. The normalized spacial score (nSPS) is 16.8. The van der Waals surface area contributed by atoms with E-state index in [1.54, 1.807) is 30.3 Å². The fourth-order valence-electron chi connectivity index (χ4n) is 1.79. The lowest BCUT2D eigenvalue weighted by Gasteiger charge is -2.10. The first-order valence-corrected chi connectivity index (χ1v) is 5.68. The first-order valence-electron chi connectivity index (χ1n) is 5.68. The van der Waals surface area contributed by atoms with Crippen LogP contribution in [0.1, 0.15) is 5.56 Å². The summed E-state index contributed by atoms with van der Waals surface area (Å²) in [5.74, 6) is -2.72. The van der Waals surface area contributed by atoms with Crippen LogP contribution in [0, 0.1) is 0 Å². The molecular weight excluding hydrogens is 264 g/mol. The van der Waals surface area contributed by atoms with Crippen LogP contribution in [0.2, 0.25) is 0 Å². The van der Waals surface area contributed by atoms with E-state index < -0.39 is 17.7 Å². The van der Waals surface area contributed by atoms with Crippen LogP contribution in [0.4, 0.5) is 0 Å². The summed E-state index contributed by atoms with van der Waals surface area (Å²) in [5, 5.41) is 9.57. The van der Waals surface area contributed by atoms with E-state index >= 15 is 0 Å². The Hall–Kier alpha value is -2.76. The number of aliphatic hydroxyl groups is 1. The molecule has 0 unspecified atom stereocenters. The number of hydrogen-bond acceptors (Lipinski definition) is 6. The van der Waals surface area contributed by atoms with Gasteiger partial charge >= 0.3 is 11.9 Å². The van der Waals surface area contributed by atoms with Gasteiger partial charge < -0.3 is 19.3 Å². The minimum absolute atomic E-state index is 0.00218. The maximum Gasteiger partial charge on any atom is 0.383 e. The molecule has 0 aromatic heterocycles. The van der Waals surface area contributed by atoms with E-state index in [4.69, 9.17) is 14.2 Å². The van der Waals surface area contributed by atoms with Gasteiger partial charge in [0.2, 0.25) is 11.5 Å². The Kier molecular flexibility index (Phi) is 3.74. The topological polar surface area (TPSA) is 82.1 Å². The molecule has 0 spiro atoms. The molecular formula is C14H12O6. The van der Waals surface area contributed by atoms with Crippen LogP contribution in [0.5, 0.6) is 0 Å². The molecule has 2 rings (SSSR count). The molecule has 0 saturated heterocycles. The number of cyclic esters (lactones) is 1. The largest absolute Gasteiger partial charge is 0.499 e. The summed E-state index contributed by atoms with van der Waals surface area (Å²) in [7, 11) is 2.46. The zero-order valence-corrected chi connectivity index (χ0v) is 10.9. The van der Waals surface area contributed by atoms with Crippen molar-refractivity contribution in [2.45, 2.75) is 0 Å². The molecule has 1 aliphatic rings. The van der Waals surface area contributed by atoms with Crippen LogP contribution in [0.25, 0.3) is 5.57 Å². The molecule has 0 aliphatic carbocycles. The van der Waals surface area contributed by atoms with Gasteiger partial charge in [0.15, 0.2) is 5.76 Å². The summed E-state index contributed by atoms with van der Waals surface area (Å²) < 4.78 is 14.5. The molecule has 6 heteroatoms. The van der Waals surface area contributed by atoms with Crippen molar-refractivity contribution in [2.75, 3.05) is 14.2 Å². The first kappa shape index (κ1) is 13.7. The predicted octanol–water partition coefficient (Wildman–Crippen LogP) is 1.54. The maximum atomic E-state index is 11.9. The second kappa shape index (κ2) is 5.48. The third kappa shape index (κ3) is 2.23. The summed E-state index contributed by atoms with van der Waals surface area (Å²) in [6.45, 7) is 0. The van der Waals surface area contributed by atoms with E-state index in [9.17, 15) is 14.7 Å². The van der Waals surface area contributed by atoms with Crippen LogP contribution < -0.4 is 0 Å². The fourth-order valence-corrected chi connectivity index (χ4v) is 1.79. The Balaban J connectivity index is 2.67. The number of carbonyl (C=O) groups is 2. The molecule has 0 amide bonds. The highest BCUT2D eigenvalue weighted by Crippen LogP contribution is 2.32. The Bertz CT molecular complexity index is 612. The third-order valence-electron chi connectivity index (χ3n) is 2.69. The van der Waals surface area contributed by atoms with Gasteiger partial charge in [0.05, 0.1) is 14.2 Å². The number of hydrogen-bond donors (Lipinski definition) is 1. The summed E-state index contributed by atoms with van der Waals surface area (Å²) >= 11 is 0.